The largest absolute Gasteiger partial charge is 0.396 e. The van der Waals surface area contributed by atoms with Crippen LogP contribution in [-0.4, -0.2) is 24.2 Å². The minimum Gasteiger partial charge on any atom is -0.396 e. The zero-order valence-corrected chi connectivity index (χ0v) is 11.2. The van der Waals surface area contributed by atoms with Crippen molar-refractivity contribution in [1.29, 1.82) is 0 Å². The Bertz CT molecular complexity index is 384. The minimum absolute atomic E-state index is 0.0509. The lowest BCUT2D eigenvalue weighted by Crippen LogP contribution is -2.29. The Morgan fingerprint density at radius 2 is 2.31 bits per heavy atom. The topological polar surface area (TPSA) is 49.3 Å². The maximum Gasteiger partial charge on any atom is 0.252 e. The molecular formula is C11H13BrClNO2. The lowest BCUT2D eigenvalue weighted by Gasteiger charge is -2.10. The molecule has 0 aliphatic heterocycles. The molecule has 1 atom stereocenters. The molecule has 0 aromatic heterocycles. The molecule has 16 heavy (non-hydrogen) atoms. The van der Waals surface area contributed by atoms with Crippen molar-refractivity contribution in [1.82, 2.24) is 5.32 Å². The summed E-state index contributed by atoms with van der Waals surface area (Å²) in [7, 11) is 0. The number of halogens is 2. The summed E-state index contributed by atoms with van der Waals surface area (Å²) in [6, 6.07) is 4.99. The third kappa shape index (κ3) is 3.77. The van der Waals surface area contributed by atoms with E-state index in [0.717, 1.165) is 0 Å². The lowest BCUT2D eigenvalue weighted by molar-refractivity contribution is 0.0941. The van der Waals surface area contributed by atoms with Gasteiger partial charge in [0.25, 0.3) is 5.91 Å². The van der Waals surface area contributed by atoms with Crippen molar-refractivity contribution >= 4 is 33.4 Å². The number of carbonyl (C=O) groups is 1. The van der Waals surface area contributed by atoms with Crippen LogP contribution < -0.4 is 5.32 Å². The van der Waals surface area contributed by atoms with E-state index in [1.807, 2.05) is 6.92 Å². The van der Waals surface area contributed by atoms with Crippen LogP contribution in [0.3, 0.4) is 0 Å². The molecule has 5 heteroatoms. The molecule has 0 bridgehead atoms. The van der Waals surface area contributed by atoms with Crippen LogP contribution in [0, 0.1) is 5.92 Å². The van der Waals surface area contributed by atoms with Gasteiger partial charge in [-0.25, -0.2) is 0 Å². The van der Waals surface area contributed by atoms with Crippen LogP contribution in [0.15, 0.2) is 22.7 Å². The van der Waals surface area contributed by atoms with Crippen LogP contribution in [0.25, 0.3) is 0 Å². The highest BCUT2D eigenvalue weighted by Gasteiger charge is 2.10. The van der Waals surface area contributed by atoms with E-state index in [4.69, 9.17) is 16.7 Å². The third-order valence-electron chi connectivity index (χ3n) is 2.10. The number of nitrogens with one attached hydrogen (secondary N) is 1. The van der Waals surface area contributed by atoms with Gasteiger partial charge in [-0.1, -0.05) is 18.5 Å². The van der Waals surface area contributed by atoms with Gasteiger partial charge in [0.1, 0.15) is 0 Å². The molecule has 88 valence electrons. The fraction of sp³-hybridized carbons (Fsp3) is 0.364. The predicted molar refractivity (Wildman–Crippen MR) is 67.7 cm³/mol. The maximum absolute atomic E-state index is 11.7. The van der Waals surface area contributed by atoms with E-state index in [1.165, 1.54) is 0 Å². The summed E-state index contributed by atoms with van der Waals surface area (Å²) in [5, 5.41) is 12.1. The van der Waals surface area contributed by atoms with Gasteiger partial charge in [-0.15, -0.1) is 0 Å². The van der Waals surface area contributed by atoms with Crippen LogP contribution >= 0.6 is 27.5 Å². The van der Waals surface area contributed by atoms with Gasteiger partial charge in [0.15, 0.2) is 0 Å². The molecule has 0 saturated carbocycles. The highest BCUT2D eigenvalue weighted by molar-refractivity contribution is 9.10. The van der Waals surface area contributed by atoms with Crippen LogP contribution in [0.4, 0.5) is 0 Å². The molecule has 0 fully saturated rings. The Labute approximate surface area is 108 Å². The number of rotatable bonds is 4. The second kappa shape index (κ2) is 6.23. The number of hydrogen-bond acceptors (Lipinski definition) is 2. The van der Waals surface area contributed by atoms with E-state index in [1.54, 1.807) is 18.2 Å². The van der Waals surface area contributed by atoms with Crippen LogP contribution in [-0.2, 0) is 0 Å². The molecule has 2 N–H and O–H groups in total. The van der Waals surface area contributed by atoms with Crippen molar-refractivity contribution in [3.05, 3.63) is 33.3 Å². The standard InChI is InChI=1S/C11H13BrClNO2/c1-7(6-15)5-14-11(16)9-3-2-8(13)4-10(9)12/h2-4,7,15H,5-6H2,1H3,(H,14,16). The molecule has 3 nitrogen and oxygen atoms in total. The number of amides is 1. The van der Waals surface area contributed by atoms with E-state index in [9.17, 15) is 4.79 Å². The first kappa shape index (κ1) is 13.5. The SMILES string of the molecule is CC(CO)CNC(=O)c1ccc(Cl)cc1Br. The summed E-state index contributed by atoms with van der Waals surface area (Å²) in [6.07, 6.45) is 0. The first-order chi connectivity index (χ1) is 7.54. The van der Waals surface area contributed by atoms with Crippen LogP contribution in [0.5, 0.6) is 0 Å². The lowest BCUT2D eigenvalue weighted by atomic mass is 10.2. The molecule has 1 unspecified atom stereocenters. The van der Waals surface area contributed by atoms with Gasteiger partial charge in [-0.3, -0.25) is 4.79 Å². The summed E-state index contributed by atoms with van der Waals surface area (Å²) in [5.41, 5.74) is 0.537. The predicted octanol–water partition coefficient (Wildman–Crippen LogP) is 2.46. The maximum atomic E-state index is 11.7. The minimum atomic E-state index is -0.177. The number of aliphatic hydroxyl groups excluding tert-OH is 1. The molecule has 0 spiro atoms. The average molecular weight is 307 g/mol. The van der Waals surface area contributed by atoms with E-state index >= 15 is 0 Å². The van der Waals surface area contributed by atoms with Gasteiger partial charge in [0.2, 0.25) is 0 Å². The van der Waals surface area contributed by atoms with Gasteiger partial charge in [0, 0.05) is 22.6 Å². The Kier molecular flexibility index (Phi) is 5.25. The number of hydrogen-bond donors (Lipinski definition) is 2. The molecule has 0 heterocycles. The first-order valence-electron chi connectivity index (χ1n) is 4.88. The third-order valence-corrected chi connectivity index (χ3v) is 2.99. The van der Waals surface area contributed by atoms with E-state index in [-0.39, 0.29) is 18.4 Å². The zero-order chi connectivity index (χ0) is 12.1. The normalized spacial score (nSPS) is 12.2. The van der Waals surface area contributed by atoms with Gasteiger partial charge in [0.05, 0.1) is 5.56 Å². The number of benzene rings is 1. The number of aliphatic hydroxyl groups is 1. The Balaban J connectivity index is 2.66. The molecule has 1 amide bonds. The monoisotopic (exact) mass is 305 g/mol. The molecule has 0 aliphatic carbocycles. The van der Waals surface area contributed by atoms with E-state index in [2.05, 4.69) is 21.2 Å². The fourth-order valence-electron chi connectivity index (χ4n) is 1.10. The summed E-state index contributed by atoms with van der Waals surface area (Å²) in [5.74, 6) is -0.126. The Hall–Kier alpha value is -0.580. The Morgan fingerprint density at radius 3 is 2.88 bits per heavy atom. The van der Waals surface area contributed by atoms with Crippen molar-refractivity contribution in [3.8, 4) is 0 Å². The number of carbonyl (C=O) groups excluding carboxylic acids is 1. The van der Waals surface area contributed by atoms with Gasteiger partial charge >= 0.3 is 0 Å². The fourth-order valence-corrected chi connectivity index (χ4v) is 1.96. The van der Waals surface area contributed by atoms with Gasteiger partial charge in [-0.05, 0) is 40.0 Å². The molecule has 0 saturated heterocycles. The molecule has 0 aliphatic rings. The summed E-state index contributed by atoms with van der Waals surface area (Å²) in [4.78, 5) is 11.7. The van der Waals surface area contributed by atoms with Crippen molar-refractivity contribution in [3.63, 3.8) is 0 Å². The molecule has 0 radical (unpaired) electrons. The average Bonchev–Trinajstić information content (AvgIpc) is 2.25. The molecule has 1 rings (SSSR count). The van der Waals surface area contributed by atoms with Gasteiger partial charge in [-0.2, -0.15) is 0 Å². The second-order valence-electron chi connectivity index (χ2n) is 3.62. The van der Waals surface area contributed by atoms with E-state index < -0.39 is 0 Å². The highest BCUT2D eigenvalue weighted by atomic mass is 79.9. The highest BCUT2D eigenvalue weighted by Crippen LogP contribution is 2.21. The van der Waals surface area contributed by atoms with Crippen molar-refractivity contribution in [2.75, 3.05) is 13.2 Å². The molecule has 1 aromatic rings. The summed E-state index contributed by atoms with van der Waals surface area (Å²) >= 11 is 9.05. The Morgan fingerprint density at radius 1 is 1.62 bits per heavy atom. The first-order valence-corrected chi connectivity index (χ1v) is 6.05. The van der Waals surface area contributed by atoms with E-state index in [0.29, 0.717) is 21.6 Å². The zero-order valence-electron chi connectivity index (χ0n) is 8.84. The van der Waals surface area contributed by atoms with Crippen LogP contribution in [0.1, 0.15) is 17.3 Å². The summed E-state index contributed by atoms with van der Waals surface area (Å²) in [6.45, 7) is 2.36. The smallest absolute Gasteiger partial charge is 0.252 e. The quantitative estimate of drug-likeness (QED) is 0.898. The van der Waals surface area contributed by atoms with Crippen molar-refractivity contribution in [2.45, 2.75) is 6.92 Å². The second-order valence-corrected chi connectivity index (χ2v) is 4.91. The van der Waals surface area contributed by atoms with Crippen molar-refractivity contribution < 1.29 is 9.90 Å². The molecular weight excluding hydrogens is 293 g/mol. The van der Waals surface area contributed by atoms with Gasteiger partial charge < -0.3 is 10.4 Å². The molecule has 1 aromatic carbocycles. The van der Waals surface area contributed by atoms with Crippen LogP contribution in [0.2, 0.25) is 5.02 Å². The van der Waals surface area contributed by atoms with Crippen molar-refractivity contribution in [2.24, 2.45) is 5.92 Å². The summed E-state index contributed by atoms with van der Waals surface area (Å²) < 4.78 is 0.661.